The van der Waals surface area contributed by atoms with Crippen molar-refractivity contribution < 1.29 is 28.2 Å². The summed E-state index contributed by atoms with van der Waals surface area (Å²) >= 11 is 0. The lowest BCUT2D eigenvalue weighted by atomic mass is 9.76. The minimum Gasteiger partial charge on any atom is -0.449 e. The number of hydrogen-bond acceptors (Lipinski definition) is 5. The van der Waals surface area contributed by atoms with E-state index in [1.54, 1.807) is 0 Å². The molecular formula is C25H38F2N2O4. The van der Waals surface area contributed by atoms with Crippen molar-refractivity contribution in [2.45, 2.75) is 87.8 Å². The number of aliphatic hydroxyl groups is 1. The molecule has 6 nitrogen and oxygen atoms in total. The number of amides is 1. The quantitative estimate of drug-likeness (QED) is 0.523. The van der Waals surface area contributed by atoms with Crippen molar-refractivity contribution in [1.82, 2.24) is 4.90 Å². The van der Waals surface area contributed by atoms with E-state index in [0.29, 0.717) is 12.3 Å². The maximum Gasteiger partial charge on any atom is 0.410 e. The van der Waals surface area contributed by atoms with Crippen molar-refractivity contribution >= 4 is 6.09 Å². The maximum atomic E-state index is 15.0. The zero-order valence-electron chi connectivity index (χ0n) is 19.6. The first-order valence-corrected chi connectivity index (χ1v) is 12.2. The summed E-state index contributed by atoms with van der Waals surface area (Å²) in [6.45, 7) is 1.46. The van der Waals surface area contributed by atoms with Gasteiger partial charge in [0, 0.05) is 19.6 Å². The van der Waals surface area contributed by atoms with Crippen LogP contribution in [0.5, 0.6) is 0 Å². The molecule has 1 aliphatic heterocycles. The Bertz CT molecular complexity index is 743. The van der Waals surface area contributed by atoms with Crippen LogP contribution in [0.3, 0.4) is 0 Å². The Labute approximate surface area is 195 Å². The summed E-state index contributed by atoms with van der Waals surface area (Å²) in [4.78, 5) is 14.0. The first-order chi connectivity index (χ1) is 15.8. The smallest absolute Gasteiger partial charge is 0.410 e. The highest BCUT2D eigenvalue weighted by atomic mass is 19.3. The minimum absolute atomic E-state index is 0.0724. The van der Waals surface area contributed by atoms with E-state index < -0.39 is 36.6 Å². The highest BCUT2D eigenvalue weighted by molar-refractivity contribution is 5.68. The summed E-state index contributed by atoms with van der Waals surface area (Å²) in [5, 5.41) is 9.50. The number of carbonyl (C=O) groups is 1. The Morgan fingerprint density at radius 2 is 1.91 bits per heavy atom. The fourth-order valence-corrected chi connectivity index (χ4v) is 5.06. The zero-order chi connectivity index (χ0) is 23.9. The lowest BCUT2D eigenvalue weighted by molar-refractivity contribution is -0.163. The molecule has 186 valence electrons. The number of ether oxygens (including phenoxy) is 2. The van der Waals surface area contributed by atoms with Crippen LogP contribution in [0.25, 0.3) is 0 Å². The van der Waals surface area contributed by atoms with Crippen molar-refractivity contribution in [3.63, 3.8) is 0 Å². The summed E-state index contributed by atoms with van der Waals surface area (Å²) in [6.07, 6.45) is 3.51. The van der Waals surface area contributed by atoms with Crippen LogP contribution in [0.15, 0.2) is 30.3 Å². The van der Waals surface area contributed by atoms with Gasteiger partial charge in [0.1, 0.15) is 5.54 Å². The van der Waals surface area contributed by atoms with Gasteiger partial charge in [0.2, 0.25) is 0 Å². The Morgan fingerprint density at radius 1 is 1.21 bits per heavy atom. The second-order valence-corrected chi connectivity index (χ2v) is 9.36. The number of aliphatic hydroxyl groups excluding tert-OH is 1. The van der Waals surface area contributed by atoms with E-state index in [2.05, 4.69) is 12.1 Å². The van der Waals surface area contributed by atoms with Gasteiger partial charge in [-0.05, 0) is 50.0 Å². The molecule has 1 saturated carbocycles. The molecule has 3 rings (SSSR count). The van der Waals surface area contributed by atoms with Crippen LogP contribution in [-0.2, 0) is 9.47 Å². The van der Waals surface area contributed by atoms with E-state index in [-0.39, 0.29) is 32.3 Å². The molecule has 1 aliphatic carbocycles. The van der Waals surface area contributed by atoms with Gasteiger partial charge >= 0.3 is 6.09 Å². The maximum absolute atomic E-state index is 15.0. The van der Waals surface area contributed by atoms with Gasteiger partial charge in [-0.1, -0.05) is 43.7 Å². The molecule has 2 atom stereocenters. The van der Waals surface area contributed by atoms with Crippen LogP contribution in [0.1, 0.15) is 69.8 Å². The second kappa shape index (κ2) is 11.6. The van der Waals surface area contributed by atoms with Crippen molar-refractivity contribution in [2.75, 3.05) is 26.4 Å². The molecule has 0 bridgehead atoms. The third-order valence-electron chi connectivity index (χ3n) is 7.24. The molecule has 1 aromatic rings. The van der Waals surface area contributed by atoms with Crippen molar-refractivity contribution in [3.05, 3.63) is 35.9 Å². The molecule has 1 aromatic carbocycles. The average Bonchev–Trinajstić information content (AvgIpc) is 2.81. The van der Waals surface area contributed by atoms with E-state index in [0.717, 1.165) is 32.1 Å². The molecule has 2 fully saturated rings. The van der Waals surface area contributed by atoms with Crippen molar-refractivity contribution in [3.8, 4) is 0 Å². The highest BCUT2D eigenvalue weighted by Crippen LogP contribution is 2.42. The molecule has 2 aliphatic rings. The number of carbonyl (C=O) groups excluding carboxylic acids is 1. The minimum atomic E-state index is -3.23. The van der Waals surface area contributed by atoms with Gasteiger partial charge in [0.25, 0.3) is 5.92 Å². The predicted molar refractivity (Wildman–Crippen MR) is 122 cm³/mol. The number of halogens is 2. The topological polar surface area (TPSA) is 85.0 Å². The van der Waals surface area contributed by atoms with E-state index in [9.17, 15) is 18.7 Å². The number of nitrogens with zero attached hydrogens (tertiary/aromatic N) is 1. The normalized spacial score (nSPS) is 29.6. The molecule has 0 radical (unpaired) electrons. The summed E-state index contributed by atoms with van der Waals surface area (Å²) in [7, 11) is 0. The van der Waals surface area contributed by atoms with Crippen LogP contribution < -0.4 is 5.73 Å². The fourth-order valence-electron chi connectivity index (χ4n) is 5.06. The van der Waals surface area contributed by atoms with Crippen LogP contribution in [-0.4, -0.2) is 66.1 Å². The van der Waals surface area contributed by atoms with Crippen LogP contribution >= 0.6 is 0 Å². The number of hydrogen-bond donors (Lipinski definition) is 2. The summed E-state index contributed by atoms with van der Waals surface area (Å²) in [5.74, 6) is -2.76. The van der Waals surface area contributed by atoms with Crippen LogP contribution in [0, 0.1) is 0 Å². The molecule has 33 heavy (non-hydrogen) atoms. The second-order valence-electron chi connectivity index (χ2n) is 9.36. The monoisotopic (exact) mass is 468 g/mol. The molecule has 0 spiro atoms. The van der Waals surface area contributed by atoms with Gasteiger partial charge in [-0.15, -0.1) is 0 Å². The third-order valence-corrected chi connectivity index (χ3v) is 7.24. The van der Waals surface area contributed by atoms with Gasteiger partial charge in [-0.3, -0.25) is 0 Å². The molecule has 1 amide bonds. The molecule has 2 unspecified atom stereocenters. The van der Waals surface area contributed by atoms with Crippen molar-refractivity contribution in [2.24, 2.45) is 5.73 Å². The molecule has 8 heteroatoms. The largest absolute Gasteiger partial charge is 0.449 e. The number of benzene rings is 1. The van der Waals surface area contributed by atoms with Gasteiger partial charge in [-0.25, -0.2) is 13.6 Å². The van der Waals surface area contributed by atoms with Crippen molar-refractivity contribution in [1.29, 1.82) is 0 Å². The van der Waals surface area contributed by atoms with Gasteiger partial charge in [0.05, 0.1) is 25.4 Å². The van der Waals surface area contributed by atoms with Gasteiger partial charge in [-0.2, -0.15) is 0 Å². The number of alkyl halides is 2. The highest BCUT2D eigenvalue weighted by Gasteiger charge is 2.61. The third kappa shape index (κ3) is 6.03. The molecular weight excluding hydrogens is 430 g/mol. The van der Waals surface area contributed by atoms with E-state index in [1.165, 1.54) is 10.5 Å². The average molecular weight is 469 g/mol. The Morgan fingerprint density at radius 3 is 2.55 bits per heavy atom. The Balaban J connectivity index is 1.66. The van der Waals surface area contributed by atoms with Gasteiger partial charge in [0.15, 0.2) is 0 Å². The van der Waals surface area contributed by atoms with Crippen LogP contribution in [0.2, 0.25) is 0 Å². The fraction of sp³-hybridized carbons (Fsp3) is 0.720. The number of rotatable bonds is 9. The first-order valence-electron chi connectivity index (χ1n) is 12.2. The summed E-state index contributed by atoms with van der Waals surface area (Å²) in [6, 6.07) is 9.28. The molecule has 1 saturated heterocycles. The van der Waals surface area contributed by atoms with Gasteiger partial charge < -0.3 is 25.2 Å². The standard InChI is InChI=1S/C25H38F2N2O4/c1-2-3-17-32-23(31)29-15-13-25(26,27)24(28,14-16-30)22(29)18-33-21-11-9-20(10-12-21)19-7-5-4-6-8-19/h4-8,20-22,30H,2-3,9-18,28H2,1H3/t20-,21+,22?,24?. The molecule has 3 N–H and O–H groups in total. The predicted octanol–water partition coefficient (Wildman–Crippen LogP) is 4.46. The lowest BCUT2D eigenvalue weighted by Crippen LogP contribution is -2.74. The molecule has 1 heterocycles. The van der Waals surface area contributed by atoms with E-state index in [4.69, 9.17) is 15.2 Å². The number of unbranched alkanes of at least 4 members (excludes halogenated alkanes) is 1. The Hall–Kier alpha value is -1.77. The van der Waals surface area contributed by atoms with Crippen LogP contribution in [0.4, 0.5) is 13.6 Å². The summed E-state index contributed by atoms with van der Waals surface area (Å²) in [5.41, 5.74) is 5.48. The number of piperidine rings is 1. The van der Waals surface area contributed by atoms with E-state index in [1.807, 2.05) is 25.1 Å². The molecule has 0 aromatic heterocycles. The number of nitrogens with two attached hydrogens (primary N) is 1. The SMILES string of the molecule is CCCCOC(=O)N1CCC(F)(F)C(N)(CCO)C1CO[C@H]1CC[C@@H](c2ccccc2)CC1. The van der Waals surface area contributed by atoms with E-state index >= 15 is 0 Å². The Kier molecular flexibility index (Phi) is 9.07. The zero-order valence-corrected chi connectivity index (χ0v) is 19.6. The number of likely N-dealkylation sites (tertiary alicyclic amines) is 1. The lowest BCUT2D eigenvalue weighted by Gasteiger charge is -2.51. The summed E-state index contributed by atoms with van der Waals surface area (Å²) < 4.78 is 41.4. The first kappa shape index (κ1) is 25.8.